The summed E-state index contributed by atoms with van der Waals surface area (Å²) in [5, 5.41) is 3.07. The smallest absolute Gasteiger partial charge is 0.234 e. The first-order valence-electron chi connectivity index (χ1n) is 8.23. The molecule has 0 fully saturated rings. The Bertz CT molecular complexity index is 583. The monoisotopic (exact) mass is 310 g/mol. The zero-order chi connectivity index (χ0) is 16.5. The highest BCUT2D eigenvalue weighted by atomic mass is 16.2. The van der Waals surface area contributed by atoms with Gasteiger partial charge in [0, 0.05) is 19.0 Å². The Morgan fingerprint density at radius 2 is 1.65 bits per heavy atom. The van der Waals surface area contributed by atoms with Crippen LogP contribution < -0.4 is 5.32 Å². The molecule has 1 N–H and O–H groups in total. The van der Waals surface area contributed by atoms with Crippen LogP contribution in [0.25, 0.3) is 0 Å². The van der Waals surface area contributed by atoms with E-state index >= 15 is 0 Å². The number of likely N-dealkylation sites (N-methyl/N-ethyl adjacent to an activating group) is 1. The molecule has 0 aliphatic heterocycles. The van der Waals surface area contributed by atoms with Crippen LogP contribution in [0.4, 0.5) is 0 Å². The third-order valence-electron chi connectivity index (χ3n) is 4.02. The molecule has 3 nitrogen and oxygen atoms in total. The number of amides is 1. The summed E-state index contributed by atoms with van der Waals surface area (Å²) in [4.78, 5) is 14.2. The van der Waals surface area contributed by atoms with E-state index in [0.29, 0.717) is 19.0 Å². The van der Waals surface area contributed by atoms with E-state index in [9.17, 15) is 4.79 Å². The first-order valence-corrected chi connectivity index (χ1v) is 8.23. The standard InChI is InChI=1S/C20H26N2O/c1-3-18(19-12-8-5-9-13-19)14-21-20(23)16-22(2)15-17-10-6-4-7-11-17/h4-13,18H,3,14-16H2,1-2H3,(H,21,23). The molecule has 0 spiro atoms. The normalized spacial score (nSPS) is 12.1. The molecule has 2 aromatic rings. The topological polar surface area (TPSA) is 32.3 Å². The second-order valence-corrected chi connectivity index (χ2v) is 5.98. The maximum absolute atomic E-state index is 12.1. The van der Waals surface area contributed by atoms with Gasteiger partial charge in [-0.25, -0.2) is 0 Å². The molecule has 1 unspecified atom stereocenters. The number of hydrogen-bond donors (Lipinski definition) is 1. The molecule has 23 heavy (non-hydrogen) atoms. The summed E-state index contributed by atoms with van der Waals surface area (Å²) in [5.74, 6) is 0.456. The van der Waals surface area contributed by atoms with E-state index in [1.165, 1.54) is 11.1 Å². The van der Waals surface area contributed by atoms with Crippen molar-refractivity contribution in [3.63, 3.8) is 0 Å². The Labute approximate surface area is 139 Å². The molecular formula is C20H26N2O. The number of nitrogens with zero attached hydrogens (tertiary/aromatic N) is 1. The lowest BCUT2D eigenvalue weighted by molar-refractivity contribution is -0.122. The molecule has 0 bridgehead atoms. The first kappa shape index (κ1) is 17.2. The van der Waals surface area contributed by atoms with Crippen molar-refractivity contribution in [2.45, 2.75) is 25.8 Å². The average molecular weight is 310 g/mol. The van der Waals surface area contributed by atoms with Crippen LogP contribution in [0, 0.1) is 0 Å². The van der Waals surface area contributed by atoms with Crippen molar-refractivity contribution in [2.75, 3.05) is 20.1 Å². The molecule has 0 heterocycles. The van der Waals surface area contributed by atoms with Crippen molar-refractivity contribution in [3.8, 4) is 0 Å². The van der Waals surface area contributed by atoms with E-state index in [2.05, 4.69) is 36.5 Å². The lowest BCUT2D eigenvalue weighted by atomic mass is 9.96. The number of hydrogen-bond acceptors (Lipinski definition) is 2. The van der Waals surface area contributed by atoms with Crippen molar-refractivity contribution < 1.29 is 4.79 Å². The van der Waals surface area contributed by atoms with E-state index < -0.39 is 0 Å². The summed E-state index contributed by atoms with van der Waals surface area (Å²) < 4.78 is 0. The molecule has 2 rings (SSSR count). The second-order valence-electron chi connectivity index (χ2n) is 5.98. The zero-order valence-corrected chi connectivity index (χ0v) is 14.0. The number of carbonyl (C=O) groups excluding carboxylic acids is 1. The van der Waals surface area contributed by atoms with E-state index in [0.717, 1.165) is 13.0 Å². The van der Waals surface area contributed by atoms with Crippen LogP contribution in [0.5, 0.6) is 0 Å². The van der Waals surface area contributed by atoms with Crippen molar-refractivity contribution in [3.05, 3.63) is 71.8 Å². The van der Waals surface area contributed by atoms with Gasteiger partial charge in [-0.2, -0.15) is 0 Å². The van der Waals surface area contributed by atoms with Crippen molar-refractivity contribution >= 4 is 5.91 Å². The maximum atomic E-state index is 12.1. The van der Waals surface area contributed by atoms with Crippen LogP contribution in [0.2, 0.25) is 0 Å². The fourth-order valence-electron chi connectivity index (χ4n) is 2.71. The van der Waals surface area contributed by atoms with Gasteiger partial charge in [0.05, 0.1) is 6.54 Å². The van der Waals surface area contributed by atoms with Crippen molar-refractivity contribution in [1.82, 2.24) is 10.2 Å². The SMILES string of the molecule is CCC(CNC(=O)CN(C)Cc1ccccc1)c1ccccc1. The molecule has 0 saturated carbocycles. The van der Waals surface area contributed by atoms with E-state index in [1.807, 2.05) is 48.3 Å². The van der Waals surface area contributed by atoms with Gasteiger partial charge in [-0.1, -0.05) is 67.6 Å². The Hall–Kier alpha value is -2.13. The third-order valence-corrected chi connectivity index (χ3v) is 4.02. The fourth-order valence-corrected chi connectivity index (χ4v) is 2.71. The number of carbonyl (C=O) groups is 1. The van der Waals surface area contributed by atoms with Gasteiger partial charge in [-0.05, 0) is 24.6 Å². The molecule has 0 saturated heterocycles. The number of rotatable bonds is 8. The van der Waals surface area contributed by atoms with Crippen LogP contribution in [-0.2, 0) is 11.3 Å². The Kier molecular flexibility index (Phi) is 6.82. The van der Waals surface area contributed by atoms with E-state index in [-0.39, 0.29) is 5.91 Å². The quantitative estimate of drug-likeness (QED) is 0.810. The van der Waals surface area contributed by atoms with Gasteiger partial charge in [-0.15, -0.1) is 0 Å². The molecule has 1 amide bonds. The molecule has 122 valence electrons. The van der Waals surface area contributed by atoms with Gasteiger partial charge in [0.25, 0.3) is 0 Å². The highest BCUT2D eigenvalue weighted by Crippen LogP contribution is 2.17. The second kappa shape index (κ2) is 9.11. The predicted octanol–water partition coefficient (Wildman–Crippen LogP) is 3.43. The minimum absolute atomic E-state index is 0.0813. The summed E-state index contributed by atoms with van der Waals surface area (Å²) in [6.45, 7) is 4.05. The molecule has 1 atom stereocenters. The fraction of sp³-hybridized carbons (Fsp3) is 0.350. The Morgan fingerprint density at radius 1 is 1.04 bits per heavy atom. The zero-order valence-electron chi connectivity index (χ0n) is 14.0. The molecular weight excluding hydrogens is 284 g/mol. The molecule has 0 aromatic heterocycles. The minimum Gasteiger partial charge on any atom is -0.354 e. The highest BCUT2D eigenvalue weighted by Gasteiger charge is 2.12. The Morgan fingerprint density at radius 3 is 2.26 bits per heavy atom. The molecule has 0 radical (unpaired) electrons. The van der Waals surface area contributed by atoms with Crippen LogP contribution in [0.15, 0.2) is 60.7 Å². The summed E-state index contributed by atoms with van der Waals surface area (Å²) >= 11 is 0. The van der Waals surface area contributed by atoms with E-state index in [1.54, 1.807) is 0 Å². The van der Waals surface area contributed by atoms with Gasteiger partial charge >= 0.3 is 0 Å². The summed E-state index contributed by atoms with van der Waals surface area (Å²) in [6.07, 6.45) is 1.02. The number of benzene rings is 2. The van der Waals surface area contributed by atoms with Crippen molar-refractivity contribution in [2.24, 2.45) is 0 Å². The van der Waals surface area contributed by atoms with Gasteiger partial charge in [0.1, 0.15) is 0 Å². The maximum Gasteiger partial charge on any atom is 0.234 e. The average Bonchev–Trinajstić information content (AvgIpc) is 2.57. The molecule has 0 aliphatic carbocycles. The molecule has 2 aromatic carbocycles. The Balaban J connectivity index is 1.78. The largest absolute Gasteiger partial charge is 0.354 e. The highest BCUT2D eigenvalue weighted by molar-refractivity contribution is 5.78. The first-order chi connectivity index (χ1) is 11.2. The van der Waals surface area contributed by atoms with Gasteiger partial charge in [0.15, 0.2) is 0 Å². The lowest BCUT2D eigenvalue weighted by Crippen LogP contribution is -2.36. The van der Waals surface area contributed by atoms with Crippen LogP contribution in [-0.4, -0.2) is 30.9 Å². The third kappa shape index (κ3) is 5.87. The number of nitrogens with one attached hydrogen (secondary N) is 1. The summed E-state index contributed by atoms with van der Waals surface area (Å²) in [5.41, 5.74) is 2.51. The van der Waals surface area contributed by atoms with Gasteiger partial charge in [0.2, 0.25) is 5.91 Å². The summed E-state index contributed by atoms with van der Waals surface area (Å²) in [6, 6.07) is 20.6. The van der Waals surface area contributed by atoms with Crippen LogP contribution in [0.1, 0.15) is 30.4 Å². The molecule has 0 aliphatic rings. The van der Waals surface area contributed by atoms with Gasteiger partial charge in [-0.3, -0.25) is 9.69 Å². The van der Waals surface area contributed by atoms with Crippen LogP contribution in [0.3, 0.4) is 0 Å². The van der Waals surface area contributed by atoms with Gasteiger partial charge < -0.3 is 5.32 Å². The van der Waals surface area contributed by atoms with Crippen LogP contribution >= 0.6 is 0 Å². The van der Waals surface area contributed by atoms with Crippen molar-refractivity contribution in [1.29, 1.82) is 0 Å². The summed E-state index contributed by atoms with van der Waals surface area (Å²) in [7, 11) is 1.97. The predicted molar refractivity (Wildman–Crippen MR) is 95.3 cm³/mol. The minimum atomic E-state index is 0.0813. The lowest BCUT2D eigenvalue weighted by Gasteiger charge is -2.19. The van der Waals surface area contributed by atoms with E-state index in [4.69, 9.17) is 0 Å². The molecule has 3 heteroatoms.